The maximum absolute atomic E-state index is 11.5. The molecule has 4 nitrogen and oxygen atoms in total. The van der Waals surface area contributed by atoms with Gasteiger partial charge in [0, 0.05) is 23.1 Å². The van der Waals surface area contributed by atoms with Crippen LogP contribution < -0.4 is 0 Å². The molecule has 0 saturated heterocycles. The van der Waals surface area contributed by atoms with Crippen molar-refractivity contribution in [2.75, 3.05) is 14.2 Å². The minimum Gasteiger partial charge on any atom is -0.465 e. The van der Waals surface area contributed by atoms with E-state index in [1.807, 2.05) is 12.4 Å². The van der Waals surface area contributed by atoms with E-state index < -0.39 is 0 Å². The summed E-state index contributed by atoms with van der Waals surface area (Å²) < 4.78 is 4.72. The number of carbonyl (C=O) groups is 1. The largest absolute Gasteiger partial charge is 0.465 e. The van der Waals surface area contributed by atoms with Crippen LogP contribution in [0.2, 0.25) is 5.02 Å². The van der Waals surface area contributed by atoms with E-state index in [9.17, 15) is 4.79 Å². The van der Waals surface area contributed by atoms with Crippen molar-refractivity contribution in [3.05, 3.63) is 50.9 Å². The molecule has 20 heavy (non-hydrogen) atoms. The maximum Gasteiger partial charge on any atom is 0.337 e. The summed E-state index contributed by atoms with van der Waals surface area (Å²) in [6.45, 7) is 1.39. The Kier molecular flexibility index (Phi) is 5.11. The van der Waals surface area contributed by atoms with Crippen LogP contribution in [-0.2, 0) is 17.8 Å². The minimum absolute atomic E-state index is 0.356. The lowest BCUT2D eigenvalue weighted by Crippen LogP contribution is -2.17. The van der Waals surface area contributed by atoms with E-state index in [4.69, 9.17) is 16.3 Å². The molecule has 1 aromatic carbocycles. The van der Waals surface area contributed by atoms with E-state index in [2.05, 4.69) is 9.88 Å². The van der Waals surface area contributed by atoms with Crippen LogP contribution in [-0.4, -0.2) is 30.0 Å². The van der Waals surface area contributed by atoms with Gasteiger partial charge < -0.3 is 4.74 Å². The number of esters is 1. The molecule has 0 atom stereocenters. The van der Waals surface area contributed by atoms with Crippen molar-refractivity contribution in [2.24, 2.45) is 0 Å². The number of carbonyl (C=O) groups excluding carboxylic acids is 1. The molecule has 0 radical (unpaired) electrons. The Balaban J connectivity index is 2.09. The van der Waals surface area contributed by atoms with Gasteiger partial charge in [-0.3, -0.25) is 4.90 Å². The zero-order valence-corrected chi connectivity index (χ0v) is 12.9. The summed E-state index contributed by atoms with van der Waals surface area (Å²) in [5, 5.41) is 3.64. The summed E-state index contributed by atoms with van der Waals surface area (Å²) in [5.74, 6) is -0.356. The van der Waals surface area contributed by atoms with Gasteiger partial charge >= 0.3 is 5.97 Å². The fraction of sp³-hybridized carbons (Fsp3) is 0.286. The molecular formula is C14H15ClN2O2S. The average molecular weight is 311 g/mol. The standard InChI is InChI=1S/C14H15ClN2O2S/c1-17(9-13-16-5-6-20-13)8-11-7-10(14(18)19-2)3-4-12(11)15/h3-7H,8-9H2,1-2H3. The van der Waals surface area contributed by atoms with Crippen LogP contribution in [0.4, 0.5) is 0 Å². The lowest BCUT2D eigenvalue weighted by molar-refractivity contribution is 0.0600. The Morgan fingerprint density at radius 1 is 1.45 bits per heavy atom. The third-order valence-electron chi connectivity index (χ3n) is 2.80. The fourth-order valence-corrected chi connectivity index (χ4v) is 2.72. The predicted octanol–water partition coefficient (Wildman–Crippen LogP) is 3.22. The Morgan fingerprint density at radius 3 is 2.90 bits per heavy atom. The molecule has 0 fully saturated rings. The summed E-state index contributed by atoms with van der Waals surface area (Å²) in [6.07, 6.45) is 1.79. The van der Waals surface area contributed by atoms with Gasteiger partial charge in [-0.2, -0.15) is 0 Å². The van der Waals surface area contributed by atoms with Crippen molar-refractivity contribution in [3.63, 3.8) is 0 Å². The molecule has 106 valence electrons. The van der Waals surface area contributed by atoms with E-state index in [0.29, 0.717) is 17.1 Å². The third kappa shape index (κ3) is 3.79. The van der Waals surface area contributed by atoms with Crippen LogP contribution >= 0.6 is 22.9 Å². The van der Waals surface area contributed by atoms with E-state index in [1.165, 1.54) is 7.11 Å². The number of aromatic nitrogens is 1. The second-order valence-electron chi connectivity index (χ2n) is 4.40. The molecule has 0 unspecified atom stereocenters. The Hall–Kier alpha value is -1.43. The topological polar surface area (TPSA) is 42.4 Å². The van der Waals surface area contributed by atoms with Gasteiger partial charge in [-0.25, -0.2) is 9.78 Å². The second kappa shape index (κ2) is 6.83. The molecule has 1 heterocycles. The molecule has 0 bridgehead atoms. The molecule has 0 aliphatic carbocycles. The highest BCUT2D eigenvalue weighted by molar-refractivity contribution is 7.09. The molecule has 1 aromatic heterocycles. The number of ether oxygens (including phenoxy) is 1. The number of thiazole rings is 1. The molecular weight excluding hydrogens is 296 g/mol. The quantitative estimate of drug-likeness (QED) is 0.795. The van der Waals surface area contributed by atoms with Crippen molar-refractivity contribution < 1.29 is 9.53 Å². The molecule has 6 heteroatoms. The van der Waals surface area contributed by atoms with Crippen LogP contribution in [0.3, 0.4) is 0 Å². The number of nitrogens with zero attached hydrogens (tertiary/aromatic N) is 2. The van der Waals surface area contributed by atoms with E-state index in [1.54, 1.807) is 35.7 Å². The van der Waals surface area contributed by atoms with Crippen LogP contribution in [0, 0.1) is 0 Å². The number of halogens is 1. The zero-order chi connectivity index (χ0) is 14.5. The van der Waals surface area contributed by atoms with Gasteiger partial charge in [0.1, 0.15) is 5.01 Å². The lowest BCUT2D eigenvalue weighted by atomic mass is 10.1. The molecule has 0 amide bonds. The van der Waals surface area contributed by atoms with Gasteiger partial charge in [0.15, 0.2) is 0 Å². The Labute approximate surface area is 127 Å². The van der Waals surface area contributed by atoms with Crippen LogP contribution in [0.5, 0.6) is 0 Å². The third-order valence-corrected chi connectivity index (χ3v) is 3.93. The lowest BCUT2D eigenvalue weighted by Gasteiger charge is -2.16. The molecule has 0 N–H and O–H groups in total. The average Bonchev–Trinajstić information content (AvgIpc) is 2.93. The highest BCUT2D eigenvalue weighted by Crippen LogP contribution is 2.20. The van der Waals surface area contributed by atoms with Gasteiger partial charge in [0.25, 0.3) is 0 Å². The summed E-state index contributed by atoms with van der Waals surface area (Å²) in [4.78, 5) is 17.9. The number of benzene rings is 1. The number of rotatable bonds is 5. The summed E-state index contributed by atoms with van der Waals surface area (Å²) in [6, 6.07) is 5.16. The van der Waals surface area contributed by atoms with Crippen molar-refractivity contribution >= 4 is 28.9 Å². The van der Waals surface area contributed by atoms with Crippen molar-refractivity contribution in [1.29, 1.82) is 0 Å². The van der Waals surface area contributed by atoms with Gasteiger partial charge in [-0.15, -0.1) is 11.3 Å². The summed E-state index contributed by atoms with van der Waals surface area (Å²) >= 11 is 7.80. The van der Waals surface area contributed by atoms with E-state index in [0.717, 1.165) is 17.1 Å². The molecule has 0 aliphatic rings. The first-order chi connectivity index (χ1) is 9.60. The first-order valence-electron chi connectivity index (χ1n) is 6.04. The molecule has 0 spiro atoms. The highest BCUT2D eigenvalue weighted by atomic mass is 35.5. The maximum atomic E-state index is 11.5. The summed E-state index contributed by atoms with van der Waals surface area (Å²) in [7, 11) is 3.35. The van der Waals surface area contributed by atoms with E-state index >= 15 is 0 Å². The van der Waals surface area contributed by atoms with Crippen LogP contribution in [0.1, 0.15) is 20.9 Å². The van der Waals surface area contributed by atoms with Crippen LogP contribution in [0.15, 0.2) is 29.8 Å². The van der Waals surface area contributed by atoms with Gasteiger partial charge in [0.2, 0.25) is 0 Å². The summed E-state index contributed by atoms with van der Waals surface area (Å²) in [5.41, 5.74) is 1.41. The molecule has 2 rings (SSSR count). The first kappa shape index (κ1) is 15.0. The normalized spacial score (nSPS) is 10.8. The van der Waals surface area contributed by atoms with Crippen molar-refractivity contribution in [2.45, 2.75) is 13.1 Å². The predicted molar refractivity (Wildman–Crippen MR) is 80.1 cm³/mol. The minimum atomic E-state index is -0.356. The highest BCUT2D eigenvalue weighted by Gasteiger charge is 2.11. The second-order valence-corrected chi connectivity index (χ2v) is 5.78. The van der Waals surface area contributed by atoms with Gasteiger partial charge in [-0.1, -0.05) is 11.6 Å². The molecule has 0 saturated carbocycles. The smallest absolute Gasteiger partial charge is 0.337 e. The number of hydrogen-bond acceptors (Lipinski definition) is 5. The van der Waals surface area contributed by atoms with Gasteiger partial charge in [0.05, 0.1) is 19.2 Å². The Bertz CT molecular complexity index is 587. The monoisotopic (exact) mass is 310 g/mol. The fourth-order valence-electron chi connectivity index (χ4n) is 1.85. The SMILES string of the molecule is COC(=O)c1ccc(Cl)c(CN(C)Cc2nccs2)c1. The Morgan fingerprint density at radius 2 is 2.25 bits per heavy atom. The molecule has 0 aliphatic heterocycles. The zero-order valence-electron chi connectivity index (χ0n) is 11.3. The number of hydrogen-bond donors (Lipinski definition) is 0. The van der Waals surface area contributed by atoms with E-state index in [-0.39, 0.29) is 5.97 Å². The molecule has 2 aromatic rings. The van der Waals surface area contributed by atoms with Crippen molar-refractivity contribution in [3.8, 4) is 0 Å². The number of methoxy groups -OCH3 is 1. The van der Waals surface area contributed by atoms with Crippen molar-refractivity contribution in [1.82, 2.24) is 9.88 Å². The first-order valence-corrected chi connectivity index (χ1v) is 7.29. The van der Waals surface area contributed by atoms with Gasteiger partial charge in [-0.05, 0) is 30.8 Å². The van der Waals surface area contributed by atoms with Crippen LogP contribution in [0.25, 0.3) is 0 Å².